The van der Waals surface area contributed by atoms with Crippen LogP contribution in [0.15, 0.2) is 18.2 Å². The number of rotatable bonds is 7. The lowest BCUT2D eigenvalue weighted by molar-refractivity contribution is 0.0116. The van der Waals surface area contributed by atoms with Gasteiger partial charge in [0.05, 0.1) is 0 Å². The molecule has 1 saturated carbocycles. The molecule has 0 amide bonds. The third-order valence-electron chi connectivity index (χ3n) is 3.68. The largest absolute Gasteiger partial charge is 0.490 e. The Labute approximate surface area is 122 Å². The molecule has 0 aromatic heterocycles. The van der Waals surface area contributed by atoms with Crippen LogP contribution in [0, 0.1) is 6.92 Å². The zero-order chi connectivity index (χ0) is 14.8. The minimum atomic E-state index is -0.833. The minimum Gasteiger partial charge on any atom is -0.490 e. The van der Waals surface area contributed by atoms with E-state index in [1.807, 2.05) is 6.92 Å². The molecule has 0 aliphatic heterocycles. The molecule has 0 bridgehead atoms. The Morgan fingerprint density at radius 1 is 1.40 bits per heavy atom. The van der Waals surface area contributed by atoms with E-state index in [0.29, 0.717) is 25.1 Å². The first kappa shape index (κ1) is 15.3. The summed E-state index contributed by atoms with van der Waals surface area (Å²) in [7, 11) is 0. The van der Waals surface area contributed by atoms with Crippen LogP contribution in [0.4, 0.5) is 0 Å². The van der Waals surface area contributed by atoms with E-state index < -0.39 is 5.60 Å². The average Bonchev–Trinajstić information content (AvgIpc) is 3.18. The molecule has 20 heavy (non-hydrogen) atoms. The van der Waals surface area contributed by atoms with Gasteiger partial charge in [-0.3, -0.25) is 0 Å². The summed E-state index contributed by atoms with van der Waals surface area (Å²) in [5, 5.41) is 13.7. The molecule has 0 saturated heterocycles. The maximum Gasteiger partial charge on any atom is 0.123 e. The second kappa shape index (κ2) is 6.15. The topological polar surface area (TPSA) is 41.5 Å². The van der Waals surface area contributed by atoms with Gasteiger partial charge >= 0.3 is 0 Å². The minimum absolute atomic E-state index is 0.315. The van der Waals surface area contributed by atoms with Gasteiger partial charge in [-0.25, -0.2) is 0 Å². The lowest BCUT2D eigenvalue weighted by Crippen LogP contribution is -2.43. The summed E-state index contributed by atoms with van der Waals surface area (Å²) in [6.45, 7) is 9.10. The summed E-state index contributed by atoms with van der Waals surface area (Å²) >= 11 is 0. The molecule has 3 heteroatoms. The van der Waals surface area contributed by atoms with Crippen LogP contribution in [0.1, 0.15) is 50.7 Å². The van der Waals surface area contributed by atoms with Crippen molar-refractivity contribution in [2.75, 3.05) is 13.2 Å². The summed E-state index contributed by atoms with van der Waals surface area (Å²) in [5.74, 6) is 1.31. The van der Waals surface area contributed by atoms with Crippen molar-refractivity contribution in [1.82, 2.24) is 5.32 Å². The first-order valence-electron chi connectivity index (χ1n) is 7.56. The highest BCUT2D eigenvalue weighted by Gasteiger charge is 2.27. The Hall–Kier alpha value is -1.06. The maximum atomic E-state index is 10.4. The number of hydrogen-bond acceptors (Lipinski definition) is 3. The van der Waals surface area contributed by atoms with Crippen LogP contribution in [-0.4, -0.2) is 29.9 Å². The lowest BCUT2D eigenvalue weighted by Gasteiger charge is -2.25. The van der Waals surface area contributed by atoms with Gasteiger partial charge in [0.1, 0.15) is 18.0 Å². The van der Waals surface area contributed by atoms with E-state index in [4.69, 9.17) is 4.74 Å². The highest BCUT2D eigenvalue weighted by atomic mass is 16.5. The second-order valence-corrected chi connectivity index (χ2v) is 6.64. The fourth-order valence-electron chi connectivity index (χ4n) is 2.18. The van der Waals surface area contributed by atoms with Crippen LogP contribution < -0.4 is 10.1 Å². The standard InChI is InChI=1S/C17H27NO2/c1-12(2)15-8-5-13(3)9-16(15)20-11-17(4,19)10-18-14-6-7-14/h5,8-9,12,14,18-19H,6-7,10-11H2,1-4H3. The van der Waals surface area contributed by atoms with Crippen LogP contribution >= 0.6 is 0 Å². The monoisotopic (exact) mass is 277 g/mol. The molecular weight excluding hydrogens is 250 g/mol. The summed E-state index contributed by atoms with van der Waals surface area (Å²) in [5.41, 5.74) is 1.54. The predicted octanol–water partition coefficient (Wildman–Crippen LogP) is 3.00. The number of nitrogens with one attached hydrogen (secondary N) is 1. The molecule has 0 heterocycles. The molecule has 1 aromatic carbocycles. The molecule has 112 valence electrons. The van der Waals surface area contributed by atoms with Gasteiger partial charge in [-0.1, -0.05) is 26.0 Å². The van der Waals surface area contributed by atoms with E-state index in [1.54, 1.807) is 0 Å². The van der Waals surface area contributed by atoms with Gasteiger partial charge in [-0.15, -0.1) is 0 Å². The summed E-state index contributed by atoms with van der Waals surface area (Å²) in [4.78, 5) is 0. The highest BCUT2D eigenvalue weighted by molar-refractivity contribution is 5.39. The smallest absolute Gasteiger partial charge is 0.123 e. The molecule has 2 rings (SSSR count). The highest BCUT2D eigenvalue weighted by Crippen LogP contribution is 2.28. The third kappa shape index (κ3) is 4.50. The average molecular weight is 277 g/mol. The van der Waals surface area contributed by atoms with Crippen molar-refractivity contribution in [1.29, 1.82) is 0 Å². The van der Waals surface area contributed by atoms with Gasteiger partial charge in [-0.2, -0.15) is 0 Å². The summed E-state index contributed by atoms with van der Waals surface area (Å²) < 4.78 is 5.91. The van der Waals surface area contributed by atoms with Crippen molar-refractivity contribution < 1.29 is 9.84 Å². The van der Waals surface area contributed by atoms with Gasteiger partial charge in [0.25, 0.3) is 0 Å². The van der Waals surface area contributed by atoms with E-state index >= 15 is 0 Å². The Bertz CT molecular complexity index is 450. The van der Waals surface area contributed by atoms with Crippen molar-refractivity contribution in [3.63, 3.8) is 0 Å². The summed E-state index contributed by atoms with van der Waals surface area (Å²) in [6.07, 6.45) is 2.46. The maximum absolute atomic E-state index is 10.4. The van der Waals surface area contributed by atoms with Crippen LogP contribution in [0.5, 0.6) is 5.75 Å². The molecule has 2 N–H and O–H groups in total. The molecule has 1 atom stereocenters. The molecule has 1 unspecified atom stereocenters. The van der Waals surface area contributed by atoms with Gasteiger partial charge in [-0.05, 0) is 49.8 Å². The number of aliphatic hydroxyl groups is 1. The molecule has 0 spiro atoms. The van der Waals surface area contributed by atoms with Crippen molar-refractivity contribution in [2.24, 2.45) is 0 Å². The van der Waals surface area contributed by atoms with Gasteiger partial charge in [0.2, 0.25) is 0 Å². The van der Waals surface area contributed by atoms with E-state index in [0.717, 1.165) is 5.75 Å². The van der Waals surface area contributed by atoms with Gasteiger partial charge in [0, 0.05) is 12.6 Å². The van der Waals surface area contributed by atoms with E-state index in [9.17, 15) is 5.11 Å². The lowest BCUT2D eigenvalue weighted by atomic mass is 10.0. The first-order chi connectivity index (χ1) is 9.37. The Kier molecular flexibility index (Phi) is 4.71. The Morgan fingerprint density at radius 3 is 2.70 bits per heavy atom. The van der Waals surface area contributed by atoms with Crippen LogP contribution in [0.2, 0.25) is 0 Å². The van der Waals surface area contributed by atoms with Crippen molar-refractivity contribution in [3.8, 4) is 5.75 Å². The van der Waals surface area contributed by atoms with Crippen molar-refractivity contribution in [2.45, 2.75) is 58.1 Å². The summed E-state index contributed by atoms with van der Waals surface area (Å²) in [6, 6.07) is 6.88. The van der Waals surface area contributed by atoms with E-state index in [-0.39, 0.29) is 0 Å². The SMILES string of the molecule is Cc1ccc(C(C)C)c(OCC(C)(O)CNC2CC2)c1. The number of benzene rings is 1. The Morgan fingerprint density at radius 2 is 2.10 bits per heavy atom. The van der Waals surface area contributed by atoms with Gasteiger partial charge < -0.3 is 15.2 Å². The molecule has 0 radical (unpaired) electrons. The zero-order valence-electron chi connectivity index (χ0n) is 13.1. The molecular formula is C17H27NO2. The normalized spacial score (nSPS) is 18.1. The molecule has 1 aromatic rings. The zero-order valence-corrected chi connectivity index (χ0v) is 13.1. The fourth-order valence-corrected chi connectivity index (χ4v) is 2.18. The first-order valence-corrected chi connectivity index (χ1v) is 7.56. The second-order valence-electron chi connectivity index (χ2n) is 6.64. The predicted molar refractivity (Wildman–Crippen MR) is 82.4 cm³/mol. The number of aryl methyl sites for hydroxylation is 1. The number of ether oxygens (including phenoxy) is 1. The third-order valence-corrected chi connectivity index (χ3v) is 3.68. The molecule has 1 fully saturated rings. The fraction of sp³-hybridized carbons (Fsp3) is 0.647. The van der Waals surface area contributed by atoms with Crippen LogP contribution in [0.25, 0.3) is 0 Å². The van der Waals surface area contributed by atoms with E-state index in [1.165, 1.54) is 24.0 Å². The van der Waals surface area contributed by atoms with Gasteiger partial charge in [0.15, 0.2) is 0 Å². The van der Waals surface area contributed by atoms with Crippen LogP contribution in [-0.2, 0) is 0 Å². The molecule has 3 nitrogen and oxygen atoms in total. The van der Waals surface area contributed by atoms with Crippen molar-refractivity contribution >= 4 is 0 Å². The molecule has 1 aliphatic rings. The Balaban J connectivity index is 1.96. The van der Waals surface area contributed by atoms with Crippen molar-refractivity contribution in [3.05, 3.63) is 29.3 Å². The number of hydrogen-bond donors (Lipinski definition) is 2. The van der Waals surface area contributed by atoms with Crippen LogP contribution in [0.3, 0.4) is 0 Å². The molecule has 1 aliphatic carbocycles. The quantitative estimate of drug-likeness (QED) is 0.805. The van der Waals surface area contributed by atoms with E-state index in [2.05, 4.69) is 44.3 Å².